The van der Waals surface area contributed by atoms with Crippen molar-refractivity contribution < 1.29 is 50.4 Å². The van der Waals surface area contributed by atoms with Gasteiger partial charge in [0.2, 0.25) is 0 Å². The summed E-state index contributed by atoms with van der Waals surface area (Å²) in [6, 6.07) is 0. The van der Waals surface area contributed by atoms with E-state index < -0.39 is 69.2 Å². The summed E-state index contributed by atoms with van der Waals surface area (Å²) < 4.78 is 88.6. The fourth-order valence-electron chi connectivity index (χ4n) is 1.96. The lowest BCUT2D eigenvalue weighted by molar-refractivity contribution is -0.294. The third kappa shape index (κ3) is 4.68. The van der Waals surface area contributed by atoms with Crippen LogP contribution in [0.1, 0.15) is 39.8 Å². The number of ether oxygens (including phenoxy) is 5. The van der Waals surface area contributed by atoms with Gasteiger partial charge in [0.05, 0.1) is 6.10 Å². The Bertz CT molecular complexity index is 656. The van der Waals surface area contributed by atoms with Gasteiger partial charge in [-0.1, -0.05) is 0 Å². The minimum atomic E-state index is -3.29. The van der Waals surface area contributed by atoms with Gasteiger partial charge in [0, 0.05) is 40.0 Å². The second kappa shape index (κ2) is 7.37. The quantitative estimate of drug-likeness (QED) is 0.535. The fraction of sp³-hybridized carbons (Fsp3) is 0.769. The van der Waals surface area contributed by atoms with Gasteiger partial charge in [-0.2, -0.15) is 0 Å². The Balaban J connectivity index is 3.37. The molecule has 0 bridgehead atoms. The Morgan fingerprint density at radius 3 is 1.86 bits per heavy atom. The minimum Gasteiger partial charge on any atom is -0.456 e. The van der Waals surface area contributed by atoms with Crippen molar-refractivity contribution in [3.8, 4) is 0 Å². The van der Waals surface area contributed by atoms with E-state index in [9.17, 15) is 14.4 Å². The zero-order valence-corrected chi connectivity index (χ0v) is 11.2. The summed E-state index contributed by atoms with van der Waals surface area (Å²) >= 11 is 0. The van der Waals surface area contributed by atoms with Crippen molar-refractivity contribution in [1.82, 2.24) is 0 Å². The number of hydrogen-bond donors (Lipinski definition) is 0. The maximum absolute atomic E-state index is 11.9. The average molecular weight is 313 g/mol. The number of carbonyl (C=O) groups excluding carboxylic acids is 3. The first-order valence-corrected chi connectivity index (χ1v) is 5.71. The SMILES string of the molecule is [2H]C([2H])([2H])C(=O)O[C@@H]1[C@@H](OC(=O)C([2H])([2H])[2H])[C@@H](OC(=O)C([2H])([2H])[2H])C(OC)O[C@H]1C. The molecular formula is C13H20O8. The number of rotatable bonds is 4. The highest BCUT2D eigenvalue weighted by atomic mass is 16.7. The predicted molar refractivity (Wildman–Crippen MR) is 68.0 cm³/mol. The van der Waals surface area contributed by atoms with Crippen LogP contribution in [0.25, 0.3) is 0 Å². The summed E-state index contributed by atoms with van der Waals surface area (Å²) in [5.74, 6) is -5.32. The molecular weight excluding hydrogens is 284 g/mol. The summed E-state index contributed by atoms with van der Waals surface area (Å²) in [6.45, 7) is -8.53. The maximum Gasteiger partial charge on any atom is 0.303 e. The van der Waals surface area contributed by atoms with Gasteiger partial charge in [-0.15, -0.1) is 0 Å². The molecule has 0 amide bonds. The van der Waals surface area contributed by atoms with Crippen LogP contribution >= 0.6 is 0 Å². The number of esters is 3. The van der Waals surface area contributed by atoms with Crippen molar-refractivity contribution in [3.05, 3.63) is 0 Å². The second-order valence-corrected chi connectivity index (χ2v) is 4.06. The Kier molecular flexibility index (Phi) is 2.84. The largest absolute Gasteiger partial charge is 0.456 e. The first-order valence-electron chi connectivity index (χ1n) is 10.2. The van der Waals surface area contributed by atoms with E-state index in [1.54, 1.807) is 0 Å². The molecule has 1 fully saturated rings. The van der Waals surface area contributed by atoms with Crippen molar-refractivity contribution in [3.63, 3.8) is 0 Å². The maximum atomic E-state index is 11.9. The van der Waals surface area contributed by atoms with E-state index in [0.717, 1.165) is 7.11 Å². The van der Waals surface area contributed by atoms with Crippen molar-refractivity contribution in [2.45, 2.75) is 58.2 Å². The molecule has 0 aliphatic carbocycles. The van der Waals surface area contributed by atoms with Crippen LogP contribution in [0, 0.1) is 0 Å². The zero-order chi connectivity index (χ0) is 23.7. The summed E-state index contributed by atoms with van der Waals surface area (Å²) in [7, 11) is 1.06. The van der Waals surface area contributed by atoms with Gasteiger partial charge in [-0.05, 0) is 6.92 Å². The molecule has 8 nitrogen and oxygen atoms in total. The lowest BCUT2D eigenvalue weighted by Crippen LogP contribution is -2.60. The molecule has 1 heterocycles. The third-order valence-electron chi connectivity index (χ3n) is 2.69. The molecule has 1 saturated heterocycles. The fourth-order valence-corrected chi connectivity index (χ4v) is 1.96. The van der Waals surface area contributed by atoms with Crippen LogP contribution in [0.15, 0.2) is 0 Å². The third-order valence-corrected chi connectivity index (χ3v) is 2.69. The molecule has 8 heteroatoms. The monoisotopic (exact) mass is 313 g/mol. The van der Waals surface area contributed by atoms with Crippen molar-refractivity contribution >= 4 is 17.9 Å². The molecule has 5 atom stereocenters. The molecule has 0 spiro atoms. The Labute approximate surface area is 135 Å². The van der Waals surface area contributed by atoms with Crippen LogP contribution in [0.3, 0.4) is 0 Å². The first-order chi connectivity index (χ1) is 13.4. The number of methoxy groups -OCH3 is 1. The predicted octanol–water partition coefficient (Wildman–Crippen LogP) is 0.173. The summed E-state index contributed by atoms with van der Waals surface area (Å²) in [5, 5.41) is 0. The first kappa shape index (κ1) is 8.09. The lowest BCUT2D eigenvalue weighted by Gasteiger charge is -2.42. The van der Waals surface area contributed by atoms with Gasteiger partial charge < -0.3 is 23.7 Å². The van der Waals surface area contributed by atoms with Crippen LogP contribution in [-0.2, 0) is 38.1 Å². The van der Waals surface area contributed by atoms with Crippen LogP contribution in [0.2, 0.25) is 0 Å². The van der Waals surface area contributed by atoms with E-state index in [1.165, 1.54) is 6.92 Å². The highest BCUT2D eigenvalue weighted by Gasteiger charge is 2.50. The molecule has 0 aromatic heterocycles. The van der Waals surface area contributed by atoms with Crippen molar-refractivity contribution in [2.75, 3.05) is 7.11 Å². The van der Waals surface area contributed by atoms with Gasteiger partial charge in [0.15, 0.2) is 24.6 Å². The smallest absolute Gasteiger partial charge is 0.303 e. The summed E-state index contributed by atoms with van der Waals surface area (Å²) in [4.78, 5) is 35.6. The van der Waals surface area contributed by atoms with E-state index in [4.69, 9.17) is 36.0 Å². The summed E-state index contributed by atoms with van der Waals surface area (Å²) in [6.07, 6.45) is -8.43. The minimum absolute atomic E-state index is 1.06. The van der Waals surface area contributed by atoms with E-state index in [1.807, 2.05) is 0 Å². The zero-order valence-electron chi connectivity index (χ0n) is 20.2. The molecule has 1 aliphatic rings. The highest BCUT2D eigenvalue weighted by molar-refractivity contribution is 5.68. The summed E-state index contributed by atoms with van der Waals surface area (Å²) in [5.41, 5.74) is 0. The molecule has 120 valence electrons. The Morgan fingerprint density at radius 2 is 1.38 bits per heavy atom. The molecule has 1 unspecified atom stereocenters. The van der Waals surface area contributed by atoms with E-state index in [-0.39, 0.29) is 0 Å². The van der Waals surface area contributed by atoms with Gasteiger partial charge in [-0.3, -0.25) is 14.4 Å². The van der Waals surface area contributed by atoms with Crippen molar-refractivity contribution in [2.24, 2.45) is 0 Å². The van der Waals surface area contributed by atoms with Gasteiger partial charge in [0.25, 0.3) is 0 Å². The van der Waals surface area contributed by atoms with E-state index in [2.05, 4.69) is 0 Å². The second-order valence-electron chi connectivity index (χ2n) is 4.06. The van der Waals surface area contributed by atoms with Crippen LogP contribution < -0.4 is 0 Å². The van der Waals surface area contributed by atoms with Crippen LogP contribution in [0.4, 0.5) is 0 Å². The molecule has 0 radical (unpaired) electrons. The Morgan fingerprint density at radius 1 is 0.905 bits per heavy atom. The normalized spacial score (nSPS) is 40.3. The molecule has 21 heavy (non-hydrogen) atoms. The van der Waals surface area contributed by atoms with Crippen LogP contribution in [-0.4, -0.2) is 55.7 Å². The average Bonchev–Trinajstić information content (AvgIpc) is 2.56. The standard InChI is InChI=1S/C13H20O8/c1-6-10(19-7(2)14)11(20-8(3)15)12(21-9(4)16)13(17-5)18-6/h6,10-13H,1-5H3/t6-,10-,11+,12+,13?/m0/s1/i2D3,3D3,4D3. The number of hydrogen-bond acceptors (Lipinski definition) is 8. The molecule has 0 aromatic rings. The Hall–Kier alpha value is -1.67. The van der Waals surface area contributed by atoms with Crippen LogP contribution in [0.5, 0.6) is 0 Å². The lowest BCUT2D eigenvalue weighted by atomic mass is 9.99. The molecule has 1 aliphatic heterocycles. The molecule has 0 aromatic carbocycles. The topological polar surface area (TPSA) is 97.4 Å². The van der Waals surface area contributed by atoms with Crippen molar-refractivity contribution in [1.29, 1.82) is 0 Å². The van der Waals surface area contributed by atoms with Gasteiger partial charge >= 0.3 is 17.9 Å². The van der Waals surface area contributed by atoms with Gasteiger partial charge in [-0.25, -0.2) is 0 Å². The highest BCUT2D eigenvalue weighted by Crippen LogP contribution is 2.28. The van der Waals surface area contributed by atoms with E-state index >= 15 is 0 Å². The van der Waals surface area contributed by atoms with E-state index in [0.29, 0.717) is 0 Å². The molecule has 1 rings (SSSR count). The van der Waals surface area contributed by atoms with Gasteiger partial charge in [0.1, 0.15) is 0 Å². The number of carbonyl (C=O) groups is 3. The molecule has 0 N–H and O–H groups in total. The molecule has 0 saturated carbocycles.